The number of rotatable bonds is 7. The molecule has 0 aromatic heterocycles. The van der Waals surface area contributed by atoms with E-state index in [1.807, 2.05) is 0 Å². The Hall–Kier alpha value is -1.44. The summed E-state index contributed by atoms with van der Waals surface area (Å²) in [7, 11) is -3.50. The van der Waals surface area contributed by atoms with E-state index < -0.39 is 10.0 Å². The quantitative estimate of drug-likeness (QED) is 0.776. The maximum Gasteiger partial charge on any atom is 0.243 e. The van der Waals surface area contributed by atoms with E-state index in [0.29, 0.717) is 30.3 Å². The van der Waals surface area contributed by atoms with Gasteiger partial charge in [-0.15, -0.1) is 0 Å². The van der Waals surface area contributed by atoms with Gasteiger partial charge in [0.15, 0.2) is 0 Å². The van der Waals surface area contributed by atoms with E-state index in [1.54, 1.807) is 29.4 Å². The van der Waals surface area contributed by atoms with Gasteiger partial charge in [-0.25, -0.2) is 8.42 Å². The van der Waals surface area contributed by atoms with Crippen molar-refractivity contribution in [3.05, 3.63) is 23.8 Å². The van der Waals surface area contributed by atoms with E-state index in [-0.39, 0.29) is 17.3 Å². The van der Waals surface area contributed by atoms with Gasteiger partial charge >= 0.3 is 0 Å². The highest BCUT2D eigenvalue weighted by Gasteiger charge is 2.27. The van der Waals surface area contributed by atoms with Crippen LogP contribution in [0.25, 0.3) is 0 Å². The Morgan fingerprint density at radius 3 is 2.60 bits per heavy atom. The van der Waals surface area contributed by atoms with Gasteiger partial charge in [0.2, 0.25) is 15.9 Å². The van der Waals surface area contributed by atoms with Crippen LogP contribution < -0.4 is 10.6 Å². The first-order valence-corrected chi connectivity index (χ1v) is 10.5. The average molecular weight is 365 g/mol. The molecule has 138 valence electrons. The topological polar surface area (TPSA) is 78.5 Å². The third-order valence-electron chi connectivity index (χ3n) is 4.82. The highest BCUT2D eigenvalue weighted by Crippen LogP contribution is 2.27. The number of sulfonamides is 1. The number of hydrogen-bond donors (Lipinski definition) is 2. The van der Waals surface area contributed by atoms with Gasteiger partial charge in [0.1, 0.15) is 0 Å². The van der Waals surface area contributed by atoms with Crippen molar-refractivity contribution in [2.24, 2.45) is 5.92 Å². The molecule has 2 N–H and O–H groups in total. The Morgan fingerprint density at radius 1 is 1.20 bits per heavy atom. The van der Waals surface area contributed by atoms with Gasteiger partial charge in [-0.1, -0.05) is 12.5 Å². The van der Waals surface area contributed by atoms with E-state index in [9.17, 15) is 13.2 Å². The number of amides is 1. The van der Waals surface area contributed by atoms with Crippen LogP contribution >= 0.6 is 0 Å². The average Bonchev–Trinajstić information content (AvgIpc) is 3.41. The van der Waals surface area contributed by atoms with E-state index >= 15 is 0 Å². The molecule has 0 radical (unpaired) electrons. The second kappa shape index (κ2) is 7.85. The van der Waals surface area contributed by atoms with Gasteiger partial charge in [-0.3, -0.25) is 4.79 Å². The van der Waals surface area contributed by atoms with E-state index in [2.05, 4.69) is 10.6 Å². The fraction of sp³-hybridized carbons (Fsp3) is 0.611. The van der Waals surface area contributed by atoms with Crippen molar-refractivity contribution in [2.45, 2.75) is 43.9 Å². The van der Waals surface area contributed by atoms with E-state index in [0.717, 1.165) is 25.8 Å². The molecule has 1 amide bonds. The smallest absolute Gasteiger partial charge is 0.243 e. The van der Waals surface area contributed by atoms with Gasteiger partial charge in [-0.05, 0) is 62.8 Å². The molecule has 0 bridgehead atoms. The molecule has 1 aliphatic heterocycles. The first-order chi connectivity index (χ1) is 12.0. The van der Waals surface area contributed by atoms with Crippen molar-refractivity contribution in [2.75, 3.05) is 31.5 Å². The van der Waals surface area contributed by atoms with Gasteiger partial charge in [0, 0.05) is 18.8 Å². The summed E-state index contributed by atoms with van der Waals surface area (Å²) in [5, 5.41) is 5.93. The van der Waals surface area contributed by atoms with E-state index in [1.165, 1.54) is 12.8 Å². The van der Waals surface area contributed by atoms with Crippen LogP contribution in [0, 0.1) is 12.8 Å². The number of carbonyl (C=O) groups excluding carboxylic acids is 1. The summed E-state index contributed by atoms with van der Waals surface area (Å²) in [5.74, 6) is 0.569. The number of hydrogen-bond acceptors (Lipinski definition) is 4. The molecule has 3 rings (SSSR count). The molecule has 2 fully saturated rings. The number of anilines is 1. The van der Waals surface area contributed by atoms with Crippen LogP contribution in [0.3, 0.4) is 0 Å². The van der Waals surface area contributed by atoms with Crippen molar-refractivity contribution in [3.8, 4) is 0 Å². The van der Waals surface area contributed by atoms with Gasteiger partial charge in [0.25, 0.3) is 0 Å². The van der Waals surface area contributed by atoms with Crippen LogP contribution in [0.2, 0.25) is 0 Å². The zero-order valence-electron chi connectivity index (χ0n) is 14.8. The predicted octanol–water partition coefficient (Wildman–Crippen LogP) is 2.11. The lowest BCUT2D eigenvalue weighted by Crippen LogP contribution is -2.36. The Kier molecular flexibility index (Phi) is 5.76. The Morgan fingerprint density at radius 2 is 1.92 bits per heavy atom. The Bertz CT molecular complexity index is 723. The molecule has 1 heterocycles. The van der Waals surface area contributed by atoms with Crippen molar-refractivity contribution in [1.29, 1.82) is 0 Å². The minimum Gasteiger partial charge on any atom is -0.325 e. The maximum atomic E-state index is 12.9. The highest BCUT2D eigenvalue weighted by atomic mass is 32.2. The molecule has 1 saturated heterocycles. The fourth-order valence-electron chi connectivity index (χ4n) is 3.12. The summed E-state index contributed by atoms with van der Waals surface area (Å²) in [6.07, 6.45) is 5.37. The fourth-order valence-corrected chi connectivity index (χ4v) is 4.88. The molecule has 1 aromatic rings. The summed E-state index contributed by atoms with van der Waals surface area (Å²) in [6.45, 7) is 4.06. The predicted molar refractivity (Wildman–Crippen MR) is 98.0 cm³/mol. The molecule has 1 aliphatic carbocycles. The van der Waals surface area contributed by atoms with E-state index in [4.69, 9.17) is 0 Å². The third kappa shape index (κ3) is 4.80. The van der Waals surface area contributed by atoms with Crippen LogP contribution in [0.1, 0.15) is 37.7 Å². The number of aryl methyl sites for hydroxylation is 1. The van der Waals surface area contributed by atoms with Crippen molar-refractivity contribution >= 4 is 21.6 Å². The van der Waals surface area contributed by atoms with Crippen LogP contribution in [0.15, 0.2) is 23.1 Å². The lowest BCUT2D eigenvalue weighted by Gasteiger charge is -2.26. The Balaban J connectivity index is 1.67. The summed E-state index contributed by atoms with van der Waals surface area (Å²) < 4.78 is 27.4. The lowest BCUT2D eigenvalue weighted by molar-refractivity contribution is -0.115. The summed E-state index contributed by atoms with van der Waals surface area (Å²) in [6, 6.07) is 5.09. The van der Waals surface area contributed by atoms with Gasteiger partial charge in [-0.2, -0.15) is 4.31 Å². The zero-order chi connectivity index (χ0) is 17.9. The van der Waals surface area contributed by atoms with Crippen molar-refractivity contribution in [3.63, 3.8) is 0 Å². The minimum atomic E-state index is -3.50. The normalized spacial score (nSPS) is 18.9. The molecule has 6 nitrogen and oxygen atoms in total. The maximum absolute atomic E-state index is 12.9. The molecule has 1 saturated carbocycles. The molecule has 25 heavy (non-hydrogen) atoms. The standard InChI is InChI=1S/C18H27N3O3S/c1-14-5-8-16(20-18(22)13-19-12-15-6-7-15)11-17(14)25(23,24)21-9-3-2-4-10-21/h5,8,11,15,19H,2-4,6-7,9-10,12-13H2,1H3,(H,20,22). The SMILES string of the molecule is Cc1ccc(NC(=O)CNCC2CC2)cc1S(=O)(=O)N1CCCCC1. The molecular weight excluding hydrogens is 338 g/mol. The first kappa shape index (κ1) is 18.4. The van der Waals surface area contributed by atoms with Crippen LogP contribution in [0.4, 0.5) is 5.69 Å². The van der Waals surface area contributed by atoms with Crippen molar-refractivity contribution < 1.29 is 13.2 Å². The van der Waals surface area contributed by atoms with Crippen LogP contribution in [-0.2, 0) is 14.8 Å². The summed E-state index contributed by atoms with van der Waals surface area (Å²) >= 11 is 0. The number of benzene rings is 1. The Labute approximate surface area is 150 Å². The van der Waals surface area contributed by atoms with Gasteiger partial charge in [0.05, 0.1) is 11.4 Å². The number of nitrogens with zero attached hydrogens (tertiary/aromatic N) is 1. The molecule has 1 aromatic carbocycles. The zero-order valence-corrected chi connectivity index (χ0v) is 15.6. The second-order valence-corrected chi connectivity index (χ2v) is 8.97. The summed E-state index contributed by atoms with van der Waals surface area (Å²) in [5.41, 5.74) is 1.23. The lowest BCUT2D eigenvalue weighted by atomic mass is 10.2. The minimum absolute atomic E-state index is 0.147. The van der Waals surface area contributed by atoms with Gasteiger partial charge < -0.3 is 10.6 Å². The number of carbonyl (C=O) groups is 1. The summed E-state index contributed by atoms with van der Waals surface area (Å²) in [4.78, 5) is 12.3. The van der Waals surface area contributed by atoms with Crippen LogP contribution in [0.5, 0.6) is 0 Å². The highest BCUT2D eigenvalue weighted by molar-refractivity contribution is 7.89. The number of piperidine rings is 1. The number of nitrogens with one attached hydrogen (secondary N) is 2. The second-order valence-electron chi connectivity index (χ2n) is 7.07. The molecule has 7 heteroatoms. The molecular formula is C18H27N3O3S. The van der Waals surface area contributed by atoms with Crippen LogP contribution in [-0.4, -0.2) is 44.8 Å². The largest absolute Gasteiger partial charge is 0.325 e. The monoisotopic (exact) mass is 365 g/mol. The molecule has 0 atom stereocenters. The van der Waals surface area contributed by atoms with Crippen molar-refractivity contribution in [1.82, 2.24) is 9.62 Å². The molecule has 2 aliphatic rings. The molecule has 0 spiro atoms. The third-order valence-corrected chi connectivity index (χ3v) is 6.86. The first-order valence-electron chi connectivity index (χ1n) is 9.08. The molecule has 0 unspecified atom stereocenters.